The van der Waals surface area contributed by atoms with Crippen molar-refractivity contribution in [3.05, 3.63) is 29.8 Å². The van der Waals surface area contributed by atoms with E-state index in [0.717, 1.165) is 25.0 Å². The summed E-state index contributed by atoms with van der Waals surface area (Å²) < 4.78 is 5.79. The largest absolute Gasteiger partial charge is 0.488 e. The van der Waals surface area contributed by atoms with Crippen molar-refractivity contribution in [3.63, 3.8) is 0 Å². The van der Waals surface area contributed by atoms with E-state index >= 15 is 0 Å². The van der Waals surface area contributed by atoms with Gasteiger partial charge in [0.05, 0.1) is 6.54 Å². The van der Waals surface area contributed by atoms with Crippen LogP contribution in [0.2, 0.25) is 0 Å². The van der Waals surface area contributed by atoms with Crippen LogP contribution < -0.4 is 15.8 Å². The summed E-state index contributed by atoms with van der Waals surface area (Å²) in [5.41, 5.74) is 6.73. The fourth-order valence-electron chi connectivity index (χ4n) is 2.49. The van der Waals surface area contributed by atoms with Crippen molar-refractivity contribution in [2.75, 3.05) is 13.1 Å². The molecule has 110 valence electrons. The molecular formula is C16H24N2O2. The number of benzene rings is 1. The van der Waals surface area contributed by atoms with E-state index in [1.807, 2.05) is 18.2 Å². The van der Waals surface area contributed by atoms with Crippen molar-refractivity contribution in [3.8, 4) is 5.75 Å². The van der Waals surface area contributed by atoms with Crippen molar-refractivity contribution >= 4 is 5.91 Å². The van der Waals surface area contributed by atoms with Gasteiger partial charge in [0.25, 0.3) is 0 Å². The molecule has 1 aromatic carbocycles. The van der Waals surface area contributed by atoms with Crippen LogP contribution in [0.1, 0.15) is 31.7 Å². The van der Waals surface area contributed by atoms with Gasteiger partial charge in [0.15, 0.2) is 0 Å². The van der Waals surface area contributed by atoms with Crippen LogP contribution in [0.15, 0.2) is 24.3 Å². The molecule has 1 aromatic rings. The Labute approximate surface area is 120 Å². The van der Waals surface area contributed by atoms with Crippen LogP contribution in [0.25, 0.3) is 0 Å². The highest BCUT2D eigenvalue weighted by Crippen LogP contribution is 2.27. The normalized spacial score (nSPS) is 18.2. The first-order chi connectivity index (χ1) is 9.69. The maximum absolute atomic E-state index is 11.8. The number of ether oxygens (including phenoxy) is 1. The summed E-state index contributed by atoms with van der Waals surface area (Å²) in [4.78, 5) is 11.8. The molecule has 0 saturated heterocycles. The van der Waals surface area contributed by atoms with Crippen LogP contribution in [0.3, 0.4) is 0 Å². The van der Waals surface area contributed by atoms with E-state index in [1.54, 1.807) is 0 Å². The monoisotopic (exact) mass is 276 g/mol. The third-order valence-corrected chi connectivity index (χ3v) is 3.76. The predicted molar refractivity (Wildman–Crippen MR) is 79.6 cm³/mol. The standard InChI is InChI=1S/C16H24N2O2/c1-12(8-9-17)6-7-16(19)18-11-14-10-13-4-2-3-5-15(13)20-14/h2-5,12,14H,6-11,17H2,1H3,(H,18,19). The van der Waals surface area contributed by atoms with E-state index in [9.17, 15) is 4.79 Å². The summed E-state index contributed by atoms with van der Waals surface area (Å²) in [7, 11) is 0. The number of rotatable bonds is 7. The fraction of sp³-hybridized carbons (Fsp3) is 0.562. The summed E-state index contributed by atoms with van der Waals surface area (Å²) in [5.74, 6) is 1.56. The quantitative estimate of drug-likeness (QED) is 0.799. The van der Waals surface area contributed by atoms with E-state index in [4.69, 9.17) is 10.5 Å². The number of carbonyl (C=O) groups is 1. The van der Waals surface area contributed by atoms with Crippen LogP contribution in [0.4, 0.5) is 0 Å². The van der Waals surface area contributed by atoms with Gasteiger partial charge in [0, 0.05) is 12.8 Å². The maximum atomic E-state index is 11.8. The summed E-state index contributed by atoms with van der Waals surface area (Å²) in [5, 5.41) is 2.96. The molecule has 20 heavy (non-hydrogen) atoms. The summed E-state index contributed by atoms with van der Waals surface area (Å²) in [6, 6.07) is 8.04. The molecule has 4 heteroatoms. The molecule has 1 amide bonds. The van der Waals surface area contributed by atoms with Gasteiger partial charge < -0.3 is 15.8 Å². The number of hydrogen-bond donors (Lipinski definition) is 2. The Kier molecular flexibility index (Phi) is 5.41. The number of hydrogen-bond acceptors (Lipinski definition) is 3. The minimum Gasteiger partial charge on any atom is -0.488 e. The van der Waals surface area contributed by atoms with Crippen LogP contribution in [-0.4, -0.2) is 25.1 Å². The molecule has 1 heterocycles. The fourth-order valence-corrected chi connectivity index (χ4v) is 2.49. The Balaban J connectivity index is 1.65. The van der Waals surface area contributed by atoms with Crippen LogP contribution in [-0.2, 0) is 11.2 Å². The predicted octanol–water partition coefficient (Wildman–Crippen LogP) is 1.87. The molecule has 2 atom stereocenters. The second-order valence-corrected chi connectivity index (χ2v) is 5.58. The minimum absolute atomic E-state index is 0.0674. The van der Waals surface area contributed by atoms with E-state index in [2.05, 4.69) is 18.3 Å². The number of carbonyl (C=O) groups excluding carboxylic acids is 1. The van der Waals surface area contributed by atoms with Crippen molar-refractivity contribution in [2.45, 2.75) is 38.7 Å². The highest BCUT2D eigenvalue weighted by atomic mass is 16.5. The van der Waals surface area contributed by atoms with Gasteiger partial charge in [-0.2, -0.15) is 0 Å². The molecular weight excluding hydrogens is 252 g/mol. The van der Waals surface area contributed by atoms with Gasteiger partial charge in [-0.3, -0.25) is 4.79 Å². The highest BCUT2D eigenvalue weighted by Gasteiger charge is 2.22. The topological polar surface area (TPSA) is 64.4 Å². The Morgan fingerprint density at radius 2 is 2.25 bits per heavy atom. The number of fused-ring (bicyclic) bond motifs is 1. The van der Waals surface area contributed by atoms with Crippen molar-refractivity contribution in [1.82, 2.24) is 5.32 Å². The molecule has 0 fully saturated rings. The lowest BCUT2D eigenvalue weighted by atomic mass is 10.0. The van der Waals surface area contributed by atoms with E-state index in [-0.39, 0.29) is 12.0 Å². The summed E-state index contributed by atoms with van der Waals surface area (Å²) in [6.45, 7) is 3.41. The summed E-state index contributed by atoms with van der Waals surface area (Å²) >= 11 is 0. The lowest BCUT2D eigenvalue weighted by Gasteiger charge is -2.13. The first kappa shape index (κ1) is 14.9. The molecule has 0 radical (unpaired) electrons. The molecule has 4 nitrogen and oxygen atoms in total. The van der Waals surface area contributed by atoms with Crippen LogP contribution in [0.5, 0.6) is 5.75 Å². The molecule has 2 rings (SSSR count). The molecule has 1 aliphatic rings. The van der Waals surface area contributed by atoms with Gasteiger partial charge in [0.2, 0.25) is 5.91 Å². The molecule has 0 aromatic heterocycles. The van der Waals surface area contributed by atoms with Crippen molar-refractivity contribution in [2.24, 2.45) is 11.7 Å². The molecule has 0 spiro atoms. The average Bonchev–Trinajstić information content (AvgIpc) is 2.86. The zero-order valence-corrected chi connectivity index (χ0v) is 12.1. The SMILES string of the molecule is CC(CCN)CCC(=O)NCC1Cc2ccccc2O1. The molecule has 0 bridgehead atoms. The number of nitrogens with one attached hydrogen (secondary N) is 1. The second-order valence-electron chi connectivity index (χ2n) is 5.58. The van der Waals surface area contributed by atoms with Gasteiger partial charge in [-0.1, -0.05) is 25.1 Å². The van der Waals surface area contributed by atoms with Gasteiger partial charge >= 0.3 is 0 Å². The zero-order valence-electron chi connectivity index (χ0n) is 12.1. The van der Waals surface area contributed by atoms with Gasteiger partial charge in [-0.05, 0) is 36.9 Å². The molecule has 2 unspecified atom stereocenters. The van der Waals surface area contributed by atoms with Crippen molar-refractivity contribution in [1.29, 1.82) is 0 Å². The van der Waals surface area contributed by atoms with Gasteiger partial charge in [-0.15, -0.1) is 0 Å². The van der Waals surface area contributed by atoms with E-state index < -0.39 is 0 Å². The van der Waals surface area contributed by atoms with E-state index in [0.29, 0.717) is 25.4 Å². The second kappa shape index (κ2) is 7.29. The zero-order chi connectivity index (χ0) is 14.4. The van der Waals surface area contributed by atoms with Gasteiger partial charge in [-0.25, -0.2) is 0 Å². The van der Waals surface area contributed by atoms with Crippen LogP contribution in [0, 0.1) is 5.92 Å². The molecule has 0 aliphatic carbocycles. The van der Waals surface area contributed by atoms with E-state index in [1.165, 1.54) is 5.56 Å². The number of para-hydroxylation sites is 1. The third kappa shape index (κ3) is 4.23. The Hall–Kier alpha value is -1.55. The minimum atomic E-state index is 0.0674. The Bertz CT molecular complexity index is 423. The van der Waals surface area contributed by atoms with Gasteiger partial charge in [0.1, 0.15) is 11.9 Å². The smallest absolute Gasteiger partial charge is 0.220 e. The molecule has 1 aliphatic heterocycles. The maximum Gasteiger partial charge on any atom is 0.220 e. The third-order valence-electron chi connectivity index (χ3n) is 3.76. The Morgan fingerprint density at radius 1 is 1.45 bits per heavy atom. The molecule has 3 N–H and O–H groups in total. The lowest BCUT2D eigenvalue weighted by molar-refractivity contribution is -0.121. The highest BCUT2D eigenvalue weighted by molar-refractivity contribution is 5.75. The van der Waals surface area contributed by atoms with Crippen molar-refractivity contribution < 1.29 is 9.53 Å². The summed E-state index contributed by atoms with van der Waals surface area (Å²) in [6.07, 6.45) is 3.39. The lowest BCUT2D eigenvalue weighted by Crippen LogP contribution is -2.34. The molecule has 0 saturated carbocycles. The van der Waals surface area contributed by atoms with Crippen LogP contribution >= 0.6 is 0 Å². The first-order valence-corrected chi connectivity index (χ1v) is 7.40. The average molecular weight is 276 g/mol. The number of nitrogens with two attached hydrogens (primary N) is 1. The number of amides is 1. The Morgan fingerprint density at radius 3 is 3.00 bits per heavy atom. The first-order valence-electron chi connectivity index (χ1n) is 7.40.